The van der Waals surface area contributed by atoms with Crippen LogP contribution in [0.2, 0.25) is 10.0 Å². The zero-order chi connectivity index (χ0) is 12.6. The van der Waals surface area contributed by atoms with Gasteiger partial charge < -0.3 is 10.0 Å². The number of hydrogen-bond acceptors (Lipinski definition) is 2. The number of benzene rings is 1. The number of carbonyl (C=O) groups is 2. The molecule has 6 heteroatoms. The Balaban J connectivity index is 2.30. The lowest BCUT2D eigenvalue weighted by Crippen LogP contribution is -2.30. The molecular weight excluding hydrogens is 265 g/mol. The third-order valence-corrected chi connectivity index (χ3v) is 3.10. The van der Waals surface area contributed by atoms with Gasteiger partial charge in [0.25, 0.3) is 0 Å². The van der Waals surface area contributed by atoms with Crippen molar-refractivity contribution in [3.63, 3.8) is 0 Å². The number of halogens is 2. The summed E-state index contributed by atoms with van der Waals surface area (Å²) in [6, 6.07) is 4.74. The standard InChI is InChI=1S/C11H9Cl2NO3/c12-6-3-7(13)5-8(4-6)14-2-1-9(10(14)15)11(16)17/h3-5,9H,1-2H2,(H,16,17). The van der Waals surface area contributed by atoms with Crippen molar-refractivity contribution in [2.24, 2.45) is 5.92 Å². The normalized spacial score (nSPS) is 19.8. The molecule has 0 bridgehead atoms. The predicted molar refractivity (Wildman–Crippen MR) is 64.6 cm³/mol. The van der Waals surface area contributed by atoms with E-state index in [1.165, 1.54) is 4.90 Å². The first-order valence-corrected chi connectivity index (χ1v) is 5.75. The van der Waals surface area contributed by atoms with E-state index in [-0.39, 0.29) is 0 Å². The molecule has 0 spiro atoms. The molecule has 0 saturated carbocycles. The Bertz CT molecular complexity index is 469. The molecule has 1 aliphatic heterocycles. The summed E-state index contributed by atoms with van der Waals surface area (Å²) < 4.78 is 0. The molecule has 1 fully saturated rings. The number of rotatable bonds is 2. The summed E-state index contributed by atoms with van der Waals surface area (Å²) in [5.41, 5.74) is 0.538. The molecule has 1 aromatic rings. The minimum atomic E-state index is -1.09. The van der Waals surface area contributed by atoms with E-state index in [0.29, 0.717) is 28.7 Å². The molecular formula is C11H9Cl2NO3. The van der Waals surface area contributed by atoms with Crippen LogP contribution in [0.4, 0.5) is 5.69 Å². The fourth-order valence-electron chi connectivity index (χ4n) is 1.86. The minimum absolute atomic E-state index is 0.304. The van der Waals surface area contributed by atoms with Gasteiger partial charge in [-0.15, -0.1) is 0 Å². The number of aliphatic carboxylic acids is 1. The van der Waals surface area contributed by atoms with Gasteiger partial charge in [0.1, 0.15) is 5.92 Å². The van der Waals surface area contributed by atoms with Gasteiger partial charge in [0.2, 0.25) is 5.91 Å². The van der Waals surface area contributed by atoms with Crippen molar-refractivity contribution in [1.29, 1.82) is 0 Å². The summed E-state index contributed by atoms with van der Waals surface area (Å²) in [5, 5.41) is 9.69. The maximum absolute atomic E-state index is 11.8. The van der Waals surface area contributed by atoms with Gasteiger partial charge in [-0.1, -0.05) is 23.2 Å². The minimum Gasteiger partial charge on any atom is -0.481 e. The predicted octanol–water partition coefficient (Wildman–Crippen LogP) is 2.43. The number of carbonyl (C=O) groups excluding carboxylic acids is 1. The average Bonchev–Trinajstić information content (AvgIpc) is 2.58. The van der Waals surface area contributed by atoms with Crippen LogP contribution in [0.1, 0.15) is 6.42 Å². The SMILES string of the molecule is O=C(O)C1CCN(c2cc(Cl)cc(Cl)c2)C1=O. The highest BCUT2D eigenvalue weighted by atomic mass is 35.5. The Morgan fingerprint density at radius 3 is 2.35 bits per heavy atom. The third-order valence-electron chi connectivity index (χ3n) is 2.66. The third kappa shape index (κ3) is 2.37. The number of nitrogens with zero attached hydrogens (tertiary/aromatic N) is 1. The zero-order valence-electron chi connectivity index (χ0n) is 8.69. The highest BCUT2D eigenvalue weighted by Crippen LogP contribution is 2.30. The Hall–Kier alpha value is -1.26. The Morgan fingerprint density at radius 1 is 1.29 bits per heavy atom. The molecule has 1 N–H and O–H groups in total. The van der Waals surface area contributed by atoms with Crippen LogP contribution in [-0.4, -0.2) is 23.5 Å². The van der Waals surface area contributed by atoms with Crippen LogP contribution in [-0.2, 0) is 9.59 Å². The van der Waals surface area contributed by atoms with Gasteiger partial charge in [0, 0.05) is 22.3 Å². The summed E-state index contributed by atoms with van der Waals surface area (Å²) in [4.78, 5) is 24.1. The van der Waals surface area contributed by atoms with Gasteiger partial charge in [-0.3, -0.25) is 9.59 Å². The quantitative estimate of drug-likeness (QED) is 0.842. The summed E-state index contributed by atoms with van der Waals surface area (Å²) in [7, 11) is 0. The van der Waals surface area contributed by atoms with Gasteiger partial charge >= 0.3 is 5.97 Å². The lowest BCUT2D eigenvalue weighted by Gasteiger charge is -2.16. The van der Waals surface area contributed by atoms with E-state index < -0.39 is 17.8 Å². The summed E-state index contributed by atoms with van der Waals surface area (Å²) in [5.74, 6) is -2.48. The molecule has 1 atom stereocenters. The molecule has 0 aromatic heterocycles. The summed E-state index contributed by atoms with van der Waals surface area (Å²) >= 11 is 11.7. The van der Waals surface area contributed by atoms with Crippen LogP contribution >= 0.6 is 23.2 Å². The maximum Gasteiger partial charge on any atom is 0.316 e. The van der Waals surface area contributed by atoms with Crippen molar-refractivity contribution in [3.8, 4) is 0 Å². The van der Waals surface area contributed by atoms with Gasteiger partial charge in [0.05, 0.1) is 0 Å². The van der Waals surface area contributed by atoms with E-state index >= 15 is 0 Å². The second-order valence-corrected chi connectivity index (χ2v) is 4.67. The highest BCUT2D eigenvalue weighted by molar-refractivity contribution is 6.35. The molecule has 17 heavy (non-hydrogen) atoms. The lowest BCUT2D eigenvalue weighted by molar-refractivity contribution is -0.144. The van der Waals surface area contributed by atoms with Gasteiger partial charge in [-0.25, -0.2) is 0 Å². The average molecular weight is 274 g/mol. The number of carboxylic acids is 1. The van der Waals surface area contributed by atoms with E-state index in [4.69, 9.17) is 28.3 Å². The first-order valence-electron chi connectivity index (χ1n) is 4.99. The highest BCUT2D eigenvalue weighted by Gasteiger charge is 2.37. The van der Waals surface area contributed by atoms with Crippen LogP contribution in [0, 0.1) is 5.92 Å². The molecule has 1 aromatic carbocycles. The van der Waals surface area contributed by atoms with Crippen LogP contribution < -0.4 is 4.90 Å². The molecule has 1 heterocycles. The molecule has 2 rings (SSSR count). The van der Waals surface area contributed by atoms with Crippen molar-refractivity contribution < 1.29 is 14.7 Å². The second-order valence-electron chi connectivity index (χ2n) is 3.80. The van der Waals surface area contributed by atoms with E-state index in [2.05, 4.69) is 0 Å². The lowest BCUT2D eigenvalue weighted by atomic mass is 10.1. The van der Waals surface area contributed by atoms with Crippen LogP contribution in [0.5, 0.6) is 0 Å². The molecule has 0 radical (unpaired) electrons. The second kappa shape index (κ2) is 4.55. The molecule has 1 aliphatic rings. The number of anilines is 1. The largest absolute Gasteiger partial charge is 0.481 e. The fraction of sp³-hybridized carbons (Fsp3) is 0.273. The van der Waals surface area contributed by atoms with Crippen molar-refractivity contribution in [1.82, 2.24) is 0 Å². The van der Waals surface area contributed by atoms with E-state index in [1.807, 2.05) is 0 Å². The molecule has 1 amide bonds. The van der Waals surface area contributed by atoms with Crippen molar-refractivity contribution in [2.45, 2.75) is 6.42 Å². The first kappa shape index (κ1) is 12.2. The number of amides is 1. The Morgan fingerprint density at radius 2 is 1.88 bits per heavy atom. The molecule has 4 nitrogen and oxygen atoms in total. The Kier molecular flexibility index (Phi) is 3.26. The fourth-order valence-corrected chi connectivity index (χ4v) is 2.38. The molecule has 90 valence electrons. The van der Waals surface area contributed by atoms with Gasteiger partial charge in [-0.2, -0.15) is 0 Å². The number of hydrogen-bond donors (Lipinski definition) is 1. The van der Waals surface area contributed by atoms with Crippen LogP contribution in [0.25, 0.3) is 0 Å². The van der Waals surface area contributed by atoms with Crippen LogP contribution in [0.3, 0.4) is 0 Å². The molecule has 1 unspecified atom stereocenters. The first-order chi connectivity index (χ1) is 7.99. The van der Waals surface area contributed by atoms with E-state index in [0.717, 1.165) is 0 Å². The maximum atomic E-state index is 11.8. The zero-order valence-corrected chi connectivity index (χ0v) is 10.2. The monoisotopic (exact) mass is 273 g/mol. The van der Waals surface area contributed by atoms with E-state index in [1.54, 1.807) is 18.2 Å². The van der Waals surface area contributed by atoms with Crippen LogP contribution in [0.15, 0.2) is 18.2 Å². The smallest absolute Gasteiger partial charge is 0.316 e. The van der Waals surface area contributed by atoms with Gasteiger partial charge in [0.15, 0.2) is 0 Å². The topological polar surface area (TPSA) is 57.6 Å². The summed E-state index contributed by atoms with van der Waals surface area (Å²) in [6.45, 7) is 0.368. The van der Waals surface area contributed by atoms with Crippen molar-refractivity contribution >= 4 is 40.8 Å². The number of carboxylic acid groups (broad SMARTS) is 1. The molecule has 0 aliphatic carbocycles. The molecule has 1 saturated heterocycles. The Labute approximate surface area is 108 Å². The summed E-state index contributed by atoms with van der Waals surface area (Å²) in [6.07, 6.45) is 0.304. The van der Waals surface area contributed by atoms with Gasteiger partial charge in [-0.05, 0) is 24.6 Å². The van der Waals surface area contributed by atoms with E-state index in [9.17, 15) is 9.59 Å². The van der Waals surface area contributed by atoms with Crippen molar-refractivity contribution in [2.75, 3.05) is 11.4 Å². The van der Waals surface area contributed by atoms with Crippen molar-refractivity contribution in [3.05, 3.63) is 28.2 Å².